The lowest BCUT2D eigenvalue weighted by Gasteiger charge is -2.20. The van der Waals surface area contributed by atoms with Gasteiger partial charge in [0.15, 0.2) is 0 Å². The van der Waals surface area contributed by atoms with E-state index in [2.05, 4.69) is 17.2 Å². The highest BCUT2D eigenvalue weighted by Crippen LogP contribution is 2.29. The number of rotatable bonds is 6. The fourth-order valence-corrected chi connectivity index (χ4v) is 2.71. The van der Waals surface area contributed by atoms with Crippen LogP contribution in [0.3, 0.4) is 0 Å². The van der Waals surface area contributed by atoms with Crippen LogP contribution in [0.5, 0.6) is 0 Å². The average Bonchev–Trinajstić information content (AvgIpc) is 2.47. The SMILES string of the molecule is CCCNC(Cc1c(Cl)cccc1Cl)c1ccncc1. The highest BCUT2D eigenvalue weighted by Gasteiger charge is 2.15. The van der Waals surface area contributed by atoms with E-state index in [-0.39, 0.29) is 6.04 Å². The third-order valence-corrected chi connectivity index (χ3v) is 3.93. The molecule has 0 saturated carbocycles. The third kappa shape index (κ3) is 3.95. The molecule has 1 atom stereocenters. The van der Waals surface area contributed by atoms with Gasteiger partial charge in [0.25, 0.3) is 0 Å². The van der Waals surface area contributed by atoms with Crippen molar-refractivity contribution in [1.29, 1.82) is 0 Å². The van der Waals surface area contributed by atoms with E-state index in [0.717, 1.165) is 35.0 Å². The number of pyridine rings is 1. The maximum absolute atomic E-state index is 6.27. The standard InChI is InChI=1S/C16H18Cl2N2/c1-2-8-20-16(12-6-9-19-10-7-12)11-13-14(17)4-3-5-15(13)18/h3-7,9-10,16,20H,2,8,11H2,1H3. The Kier molecular flexibility index (Phi) is 5.84. The predicted octanol–water partition coefficient (Wildman–Crippen LogP) is 4.67. The maximum atomic E-state index is 6.27. The molecule has 1 heterocycles. The lowest BCUT2D eigenvalue weighted by molar-refractivity contribution is 0.529. The quantitative estimate of drug-likeness (QED) is 0.838. The summed E-state index contributed by atoms with van der Waals surface area (Å²) in [5.74, 6) is 0. The molecule has 106 valence electrons. The Bertz CT molecular complexity index is 523. The van der Waals surface area contributed by atoms with E-state index in [4.69, 9.17) is 23.2 Å². The zero-order chi connectivity index (χ0) is 14.4. The summed E-state index contributed by atoms with van der Waals surface area (Å²) in [6.07, 6.45) is 5.47. The maximum Gasteiger partial charge on any atom is 0.0453 e. The van der Waals surface area contributed by atoms with E-state index >= 15 is 0 Å². The monoisotopic (exact) mass is 308 g/mol. The summed E-state index contributed by atoms with van der Waals surface area (Å²) >= 11 is 12.5. The largest absolute Gasteiger partial charge is 0.310 e. The van der Waals surface area contributed by atoms with E-state index in [9.17, 15) is 0 Å². The van der Waals surface area contributed by atoms with Gasteiger partial charge in [-0.05, 0) is 54.8 Å². The molecule has 1 N–H and O–H groups in total. The fraction of sp³-hybridized carbons (Fsp3) is 0.312. The van der Waals surface area contributed by atoms with Crippen LogP contribution in [0.1, 0.15) is 30.5 Å². The van der Waals surface area contributed by atoms with E-state index in [1.807, 2.05) is 42.7 Å². The normalized spacial score (nSPS) is 12.3. The molecule has 0 amide bonds. The van der Waals surface area contributed by atoms with E-state index in [1.165, 1.54) is 5.56 Å². The van der Waals surface area contributed by atoms with Gasteiger partial charge in [0.05, 0.1) is 0 Å². The molecule has 2 aromatic rings. The van der Waals surface area contributed by atoms with Crippen molar-refractivity contribution >= 4 is 23.2 Å². The number of nitrogens with one attached hydrogen (secondary N) is 1. The second-order valence-electron chi connectivity index (χ2n) is 4.69. The summed E-state index contributed by atoms with van der Waals surface area (Å²) in [6.45, 7) is 3.11. The second kappa shape index (κ2) is 7.63. The van der Waals surface area contributed by atoms with Gasteiger partial charge in [-0.15, -0.1) is 0 Å². The van der Waals surface area contributed by atoms with Gasteiger partial charge in [-0.3, -0.25) is 4.98 Å². The van der Waals surface area contributed by atoms with Gasteiger partial charge in [0.1, 0.15) is 0 Å². The molecule has 20 heavy (non-hydrogen) atoms. The highest BCUT2D eigenvalue weighted by molar-refractivity contribution is 6.36. The van der Waals surface area contributed by atoms with Crippen molar-refractivity contribution in [2.75, 3.05) is 6.54 Å². The van der Waals surface area contributed by atoms with Crippen molar-refractivity contribution in [1.82, 2.24) is 10.3 Å². The Labute approximate surface area is 130 Å². The van der Waals surface area contributed by atoms with Crippen LogP contribution in [0.2, 0.25) is 10.0 Å². The zero-order valence-corrected chi connectivity index (χ0v) is 13.0. The van der Waals surface area contributed by atoms with Crippen LogP contribution >= 0.6 is 23.2 Å². The fourth-order valence-electron chi connectivity index (χ4n) is 2.15. The minimum Gasteiger partial charge on any atom is -0.310 e. The number of nitrogens with zero attached hydrogens (tertiary/aromatic N) is 1. The molecule has 4 heteroatoms. The molecule has 1 aromatic carbocycles. The Balaban J connectivity index is 2.24. The van der Waals surface area contributed by atoms with Crippen molar-refractivity contribution in [3.8, 4) is 0 Å². The molecule has 1 aromatic heterocycles. The minimum atomic E-state index is 0.190. The third-order valence-electron chi connectivity index (χ3n) is 3.22. The van der Waals surface area contributed by atoms with E-state index in [1.54, 1.807) is 0 Å². The van der Waals surface area contributed by atoms with Crippen LogP contribution in [-0.4, -0.2) is 11.5 Å². The lowest BCUT2D eigenvalue weighted by Crippen LogP contribution is -2.24. The summed E-state index contributed by atoms with van der Waals surface area (Å²) in [5.41, 5.74) is 2.19. The summed E-state index contributed by atoms with van der Waals surface area (Å²) < 4.78 is 0. The van der Waals surface area contributed by atoms with E-state index < -0.39 is 0 Å². The predicted molar refractivity (Wildman–Crippen MR) is 85.4 cm³/mol. The van der Waals surface area contributed by atoms with Crippen LogP contribution in [0.25, 0.3) is 0 Å². The van der Waals surface area contributed by atoms with Crippen molar-refractivity contribution in [3.05, 3.63) is 63.9 Å². The van der Waals surface area contributed by atoms with Gasteiger partial charge in [-0.25, -0.2) is 0 Å². The zero-order valence-electron chi connectivity index (χ0n) is 11.4. The summed E-state index contributed by atoms with van der Waals surface area (Å²) in [6, 6.07) is 9.87. The Morgan fingerprint density at radius 2 is 1.75 bits per heavy atom. The first-order valence-electron chi connectivity index (χ1n) is 6.78. The second-order valence-corrected chi connectivity index (χ2v) is 5.51. The highest BCUT2D eigenvalue weighted by atomic mass is 35.5. The molecule has 0 bridgehead atoms. The van der Waals surface area contributed by atoms with Crippen LogP contribution in [-0.2, 0) is 6.42 Å². The van der Waals surface area contributed by atoms with Gasteiger partial charge in [0.2, 0.25) is 0 Å². The molecular weight excluding hydrogens is 291 g/mol. The molecule has 0 radical (unpaired) electrons. The van der Waals surface area contributed by atoms with Crippen molar-refractivity contribution in [3.63, 3.8) is 0 Å². The van der Waals surface area contributed by atoms with Crippen LogP contribution in [0, 0.1) is 0 Å². The van der Waals surface area contributed by atoms with E-state index in [0.29, 0.717) is 0 Å². The minimum absolute atomic E-state index is 0.190. The average molecular weight is 309 g/mol. The number of benzene rings is 1. The summed E-state index contributed by atoms with van der Waals surface area (Å²) in [5, 5.41) is 4.98. The topological polar surface area (TPSA) is 24.9 Å². The Hall–Kier alpha value is -1.09. The molecular formula is C16H18Cl2N2. The number of hydrogen-bond acceptors (Lipinski definition) is 2. The van der Waals surface area contributed by atoms with Gasteiger partial charge in [0, 0.05) is 28.5 Å². The molecule has 0 spiro atoms. The van der Waals surface area contributed by atoms with Gasteiger partial charge >= 0.3 is 0 Å². The molecule has 2 nitrogen and oxygen atoms in total. The van der Waals surface area contributed by atoms with Crippen molar-refractivity contribution in [2.45, 2.75) is 25.8 Å². The van der Waals surface area contributed by atoms with Gasteiger partial charge in [-0.2, -0.15) is 0 Å². The lowest BCUT2D eigenvalue weighted by atomic mass is 9.99. The molecule has 1 unspecified atom stereocenters. The smallest absolute Gasteiger partial charge is 0.0453 e. The van der Waals surface area contributed by atoms with Crippen LogP contribution in [0.4, 0.5) is 0 Å². The number of halogens is 2. The van der Waals surface area contributed by atoms with Crippen molar-refractivity contribution in [2.24, 2.45) is 0 Å². The van der Waals surface area contributed by atoms with Gasteiger partial charge < -0.3 is 5.32 Å². The molecule has 0 aliphatic carbocycles. The number of aromatic nitrogens is 1. The Morgan fingerprint density at radius 3 is 2.35 bits per heavy atom. The first-order chi connectivity index (χ1) is 9.72. The molecule has 0 aliphatic rings. The first kappa shape index (κ1) is 15.3. The number of hydrogen-bond donors (Lipinski definition) is 1. The molecule has 0 saturated heterocycles. The first-order valence-corrected chi connectivity index (χ1v) is 7.54. The van der Waals surface area contributed by atoms with Gasteiger partial charge in [-0.1, -0.05) is 36.2 Å². The molecule has 0 fully saturated rings. The summed E-state index contributed by atoms with van der Waals surface area (Å²) in [7, 11) is 0. The molecule has 0 aliphatic heterocycles. The van der Waals surface area contributed by atoms with Crippen molar-refractivity contribution < 1.29 is 0 Å². The van der Waals surface area contributed by atoms with Crippen LogP contribution in [0.15, 0.2) is 42.7 Å². The Morgan fingerprint density at radius 1 is 1.10 bits per heavy atom. The molecule has 2 rings (SSSR count). The summed E-state index contributed by atoms with van der Waals surface area (Å²) in [4.78, 5) is 4.07. The van der Waals surface area contributed by atoms with Crippen LogP contribution < -0.4 is 5.32 Å².